The number of hydrogen-bond donors (Lipinski definition) is 1. The predicted octanol–water partition coefficient (Wildman–Crippen LogP) is 3.47. The molecule has 0 bridgehead atoms. The molecule has 156 valence electrons. The lowest BCUT2D eigenvalue weighted by Gasteiger charge is -2.23. The first-order valence-electron chi connectivity index (χ1n) is 10.5. The fraction of sp³-hybridized carbons (Fsp3) is 0.250. The molecule has 1 aromatic carbocycles. The van der Waals surface area contributed by atoms with Gasteiger partial charge in [0.25, 0.3) is 0 Å². The van der Waals surface area contributed by atoms with Crippen molar-refractivity contribution in [2.75, 3.05) is 11.4 Å². The molecule has 31 heavy (non-hydrogen) atoms. The fourth-order valence-electron chi connectivity index (χ4n) is 4.28. The average molecular weight is 412 g/mol. The zero-order chi connectivity index (χ0) is 21.4. The lowest BCUT2D eigenvalue weighted by Crippen LogP contribution is -2.27. The van der Waals surface area contributed by atoms with Crippen molar-refractivity contribution < 1.29 is 4.79 Å². The first-order valence-corrected chi connectivity index (χ1v) is 10.5. The number of amides is 1. The van der Waals surface area contributed by atoms with Crippen LogP contribution in [0.25, 0.3) is 16.9 Å². The maximum absolute atomic E-state index is 11.6. The van der Waals surface area contributed by atoms with Gasteiger partial charge in [-0.15, -0.1) is 0 Å². The number of aromatic nitrogens is 4. The van der Waals surface area contributed by atoms with Crippen LogP contribution in [0.15, 0.2) is 60.9 Å². The second-order valence-corrected chi connectivity index (χ2v) is 8.04. The van der Waals surface area contributed by atoms with Crippen LogP contribution >= 0.6 is 0 Å². The molecule has 1 amide bonds. The summed E-state index contributed by atoms with van der Waals surface area (Å²) in [6.07, 6.45) is 6.63. The summed E-state index contributed by atoms with van der Waals surface area (Å²) in [6, 6.07) is 16.0. The standard InChI is InChI=1S/C24H24N6O/c1-16-5-4-11-29(16)22-9-3-8-20(27-22)14-19-15-21(28-30-12-10-26-24(19)30)17-6-2-7-18(13-17)23(25)31/h2-3,6-10,12-13,15-16H,4-5,11,14H2,1H3,(H2,25,31)/t16-/m0/s1. The van der Waals surface area contributed by atoms with E-state index < -0.39 is 5.91 Å². The van der Waals surface area contributed by atoms with Crippen LogP contribution in [0.5, 0.6) is 0 Å². The number of imidazole rings is 1. The minimum Gasteiger partial charge on any atom is -0.366 e. The molecule has 4 heterocycles. The van der Waals surface area contributed by atoms with E-state index in [1.807, 2.05) is 24.4 Å². The molecule has 1 saturated heterocycles. The third-order valence-corrected chi connectivity index (χ3v) is 5.89. The number of carbonyl (C=O) groups is 1. The second-order valence-electron chi connectivity index (χ2n) is 8.04. The van der Waals surface area contributed by atoms with Gasteiger partial charge in [-0.2, -0.15) is 5.10 Å². The zero-order valence-electron chi connectivity index (χ0n) is 17.4. The molecule has 0 radical (unpaired) electrons. The number of benzene rings is 1. The molecular weight excluding hydrogens is 388 g/mol. The Hall–Kier alpha value is -3.74. The largest absolute Gasteiger partial charge is 0.366 e. The molecule has 1 atom stereocenters. The number of carbonyl (C=O) groups excluding carboxylic acids is 1. The zero-order valence-corrected chi connectivity index (χ0v) is 17.4. The van der Waals surface area contributed by atoms with Crippen LogP contribution in [0.3, 0.4) is 0 Å². The minimum absolute atomic E-state index is 0.456. The van der Waals surface area contributed by atoms with Crippen molar-refractivity contribution in [2.24, 2.45) is 5.73 Å². The highest BCUT2D eigenvalue weighted by molar-refractivity contribution is 5.94. The Morgan fingerprint density at radius 2 is 2.06 bits per heavy atom. The normalized spacial score (nSPS) is 16.2. The number of nitrogens with two attached hydrogens (primary N) is 1. The lowest BCUT2D eigenvalue weighted by atomic mass is 10.0. The van der Waals surface area contributed by atoms with E-state index in [0.29, 0.717) is 18.0 Å². The van der Waals surface area contributed by atoms with Crippen LogP contribution in [-0.4, -0.2) is 38.1 Å². The third kappa shape index (κ3) is 3.74. The smallest absolute Gasteiger partial charge is 0.248 e. The summed E-state index contributed by atoms with van der Waals surface area (Å²) in [5.74, 6) is 0.577. The van der Waals surface area contributed by atoms with Crippen LogP contribution in [0.1, 0.15) is 41.4 Å². The van der Waals surface area contributed by atoms with Crippen molar-refractivity contribution in [1.82, 2.24) is 19.6 Å². The summed E-state index contributed by atoms with van der Waals surface area (Å²) < 4.78 is 1.77. The number of fused-ring (bicyclic) bond motifs is 1. The molecule has 2 N–H and O–H groups in total. The molecule has 0 aliphatic carbocycles. The Bertz CT molecular complexity index is 1260. The lowest BCUT2D eigenvalue weighted by molar-refractivity contribution is 0.100. The third-order valence-electron chi connectivity index (χ3n) is 5.89. The summed E-state index contributed by atoms with van der Waals surface area (Å²) in [5, 5.41) is 4.67. The molecule has 7 nitrogen and oxygen atoms in total. The minimum atomic E-state index is -0.456. The highest BCUT2D eigenvalue weighted by Gasteiger charge is 2.21. The molecule has 0 spiro atoms. The Morgan fingerprint density at radius 1 is 1.19 bits per heavy atom. The maximum atomic E-state index is 11.6. The summed E-state index contributed by atoms with van der Waals surface area (Å²) >= 11 is 0. The van der Waals surface area contributed by atoms with Gasteiger partial charge in [-0.3, -0.25) is 4.79 Å². The van der Waals surface area contributed by atoms with Gasteiger partial charge in [-0.05, 0) is 50.1 Å². The number of anilines is 1. The number of pyridine rings is 1. The molecular formula is C24H24N6O. The average Bonchev–Trinajstić information content (AvgIpc) is 3.43. The molecule has 5 rings (SSSR count). The van der Waals surface area contributed by atoms with E-state index >= 15 is 0 Å². The van der Waals surface area contributed by atoms with Crippen LogP contribution in [0, 0.1) is 0 Å². The first-order chi connectivity index (χ1) is 15.1. The van der Waals surface area contributed by atoms with Gasteiger partial charge in [0.1, 0.15) is 5.82 Å². The molecule has 4 aromatic rings. The highest BCUT2D eigenvalue weighted by Crippen LogP contribution is 2.26. The monoisotopic (exact) mass is 412 g/mol. The van der Waals surface area contributed by atoms with Gasteiger partial charge in [0.2, 0.25) is 5.91 Å². The van der Waals surface area contributed by atoms with Gasteiger partial charge in [0.15, 0.2) is 5.65 Å². The Morgan fingerprint density at radius 3 is 2.87 bits per heavy atom. The van der Waals surface area contributed by atoms with Gasteiger partial charge in [-0.1, -0.05) is 18.2 Å². The van der Waals surface area contributed by atoms with Crippen LogP contribution in [0.4, 0.5) is 5.82 Å². The molecule has 1 fully saturated rings. The molecule has 7 heteroatoms. The van der Waals surface area contributed by atoms with Gasteiger partial charge in [0, 0.05) is 53.8 Å². The Balaban J connectivity index is 1.53. The van der Waals surface area contributed by atoms with Crippen molar-refractivity contribution in [3.63, 3.8) is 0 Å². The van der Waals surface area contributed by atoms with Crippen LogP contribution in [-0.2, 0) is 6.42 Å². The van der Waals surface area contributed by atoms with Gasteiger partial charge < -0.3 is 10.6 Å². The first kappa shape index (κ1) is 19.2. The summed E-state index contributed by atoms with van der Waals surface area (Å²) in [6.45, 7) is 3.31. The van der Waals surface area contributed by atoms with E-state index in [0.717, 1.165) is 40.5 Å². The Labute approximate surface area is 180 Å². The van der Waals surface area contributed by atoms with Crippen molar-refractivity contribution in [3.05, 3.63) is 77.7 Å². The van der Waals surface area contributed by atoms with Crippen molar-refractivity contribution in [3.8, 4) is 11.3 Å². The van der Waals surface area contributed by atoms with Gasteiger partial charge in [-0.25, -0.2) is 14.5 Å². The summed E-state index contributed by atoms with van der Waals surface area (Å²) in [7, 11) is 0. The molecule has 0 saturated carbocycles. The van der Waals surface area contributed by atoms with Gasteiger partial charge in [0.05, 0.1) is 5.69 Å². The fourth-order valence-corrected chi connectivity index (χ4v) is 4.28. The molecule has 0 unspecified atom stereocenters. The number of nitrogens with zero attached hydrogens (tertiary/aromatic N) is 5. The number of hydrogen-bond acceptors (Lipinski definition) is 5. The quantitative estimate of drug-likeness (QED) is 0.542. The van der Waals surface area contributed by atoms with E-state index in [1.165, 1.54) is 12.8 Å². The number of primary amides is 1. The van der Waals surface area contributed by atoms with E-state index in [9.17, 15) is 4.79 Å². The van der Waals surface area contributed by atoms with Crippen molar-refractivity contribution >= 4 is 17.4 Å². The van der Waals surface area contributed by atoms with E-state index in [-0.39, 0.29) is 0 Å². The molecule has 3 aromatic heterocycles. The van der Waals surface area contributed by atoms with E-state index in [1.54, 1.807) is 22.8 Å². The second kappa shape index (κ2) is 7.83. The van der Waals surface area contributed by atoms with E-state index in [4.69, 9.17) is 10.7 Å². The summed E-state index contributed by atoms with van der Waals surface area (Å²) in [5.41, 5.74) is 10.3. The highest BCUT2D eigenvalue weighted by atomic mass is 16.1. The van der Waals surface area contributed by atoms with Crippen LogP contribution in [0.2, 0.25) is 0 Å². The van der Waals surface area contributed by atoms with Crippen molar-refractivity contribution in [2.45, 2.75) is 32.2 Å². The van der Waals surface area contributed by atoms with Crippen LogP contribution < -0.4 is 10.6 Å². The topological polar surface area (TPSA) is 89.4 Å². The van der Waals surface area contributed by atoms with E-state index in [2.05, 4.69) is 40.1 Å². The molecule has 1 aliphatic heterocycles. The SMILES string of the molecule is C[C@H]1CCCN1c1cccc(Cc2cc(-c3cccc(C(N)=O)c3)nn3ccnc23)n1. The predicted molar refractivity (Wildman–Crippen MR) is 120 cm³/mol. The maximum Gasteiger partial charge on any atom is 0.248 e. The summed E-state index contributed by atoms with van der Waals surface area (Å²) in [4.78, 5) is 23.4. The number of rotatable bonds is 5. The van der Waals surface area contributed by atoms with Gasteiger partial charge >= 0.3 is 0 Å². The molecule has 1 aliphatic rings. The van der Waals surface area contributed by atoms with Crippen molar-refractivity contribution in [1.29, 1.82) is 0 Å². The Kier molecular flexibility index (Phi) is 4.86.